The van der Waals surface area contributed by atoms with E-state index in [0.29, 0.717) is 25.7 Å². The summed E-state index contributed by atoms with van der Waals surface area (Å²) in [5.74, 6) is -2.51. The molecule has 0 heterocycles. The molecule has 64 heavy (non-hydrogen) atoms. The number of ketones is 3. The van der Waals surface area contributed by atoms with E-state index in [1.54, 1.807) is 0 Å². The summed E-state index contributed by atoms with van der Waals surface area (Å²) in [4.78, 5) is 41.3. The first kappa shape index (κ1) is 62.6. The van der Waals surface area contributed by atoms with Crippen molar-refractivity contribution in [2.45, 2.75) is 327 Å². The molecule has 0 spiro atoms. The molecule has 0 aromatic carbocycles. The summed E-state index contributed by atoms with van der Waals surface area (Å²) in [6.07, 6.45) is 50.0. The van der Waals surface area contributed by atoms with E-state index in [1.165, 1.54) is 148 Å². The van der Waals surface area contributed by atoms with E-state index in [0.717, 1.165) is 96.3 Å². The number of unbranched alkanes of at least 4 members (excludes halogenated alkanes) is 36. The van der Waals surface area contributed by atoms with Crippen molar-refractivity contribution in [3.8, 4) is 0 Å². The zero-order chi connectivity index (χ0) is 47.3. The molecular formula is C57H108O7. The number of rotatable bonds is 52. The maximum atomic E-state index is 13.8. The summed E-state index contributed by atoms with van der Waals surface area (Å²) in [6.45, 7) is 5.53. The molecule has 2 atom stereocenters. The van der Waals surface area contributed by atoms with E-state index in [9.17, 15) is 34.8 Å². The van der Waals surface area contributed by atoms with Crippen molar-refractivity contribution in [2.75, 3.05) is 6.61 Å². The molecule has 7 nitrogen and oxygen atoms in total. The summed E-state index contributed by atoms with van der Waals surface area (Å²) < 4.78 is 0. The molecule has 0 aromatic rings. The number of carbonyl (C=O) groups is 3. The number of aliphatic hydroxyl groups is 4. The molecule has 0 radical (unpaired) electrons. The lowest BCUT2D eigenvalue weighted by molar-refractivity contribution is -0.194. The van der Waals surface area contributed by atoms with E-state index in [4.69, 9.17) is 0 Å². The Morgan fingerprint density at radius 1 is 0.391 bits per heavy atom. The van der Waals surface area contributed by atoms with E-state index in [-0.39, 0.29) is 25.4 Å². The molecule has 0 amide bonds. The molecule has 0 aliphatic heterocycles. The van der Waals surface area contributed by atoms with Crippen LogP contribution in [0.25, 0.3) is 0 Å². The minimum absolute atomic E-state index is 0.110. The summed E-state index contributed by atoms with van der Waals surface area (Å²) >= 11 is 0. The maximum absolute atomic E-state index is 13.8. The topological polar surface area (TPSA) is 132 Å². The first-order valence-electron chi connectivity index (χ1n) is 28.1. The monoisotopic (exact) mass is 905 g/mol. The van der Waals surface area contributed by atoms with Gasteiger partial charge in [0.05, 0.1) is 12.7 Å². The highest BCUT2D eigenvalue weighted by Gasteiger charge is 2.62. The number of hydrogen-bond donors (Lipinski definition) is 4. The number of carbonyl (C=O) groups excluding carboxylic acids is 3. The van der Waals surface area contributed by atoms with Gasteiger partial charge in [-0.2, -0.15) is 0 Å². The Morgan fingerprint density at radius 3 is 1.00 bits per heavy atom. The van der Waals surface area contributed by atoms with Gasteiger partial charge in [-0.3, -0.25) is 14.4 Å². The van der Waals surface area contributed by atoms with Crippen LogP contribution in [0.1, 0.15) is 310 Å². The van der Waals surface area contributed by atoms with E-state index >= 15 is 0 Å². The van der Waals surface area contributed by atoms with Crippen molar-refractivity contribution in [2.24, 2.45) is 0 Å². The molecule has 0 saturated heterocycles. The predicted molar refractivity (Wildman–Crippen MR) is 272 cm³/mol. The second-order valence-electron chi connectivity index (χ2n) is 19.9. The van der Waals surface area contributed by atoms with Crippen molar-refractivity contribution >= 4 is 17.3 Å². The zero-order valence-corrected chi connectivity index (χ0v) is 42.8. The predicted octanol–water partition coefficient (Wildman–Crippen LogP) is 15.7. The molecule has 0 aliphatic carbocycles. The van der Waals surface area contributed by atoms with Gasteiger partial charge in [0.1, 0.15) is 0 Å². The SMILES string of the molecule is CCCCCCCCCCCCCCCCCC(=O)C(O)(C(=O)CCCCCCCCCCCCCCCCC)C(O)(CO)C(=O)CCCCCCC/C=C\CC(O)CCCCCC. The Balaban J connectivity index is 4.94. The average Bonchev–Trinajstić information content (AvgIpc) is 3.29. The van der Waals surface area contributed by atoms with Crippen LogP contribution in [-0.4, -0.2) is 61.7 Å². The standard InChI is InChI=1S/C57H108O7/c1-4-7-10-13-15-17-19-21-23-25-27-29-35-39-44-49-54(61)57(64,55(62)50-45-40-36-30-28-26-24-22-20-18-16-14-11-8-5-2)56(63,51-58)53(60)48-43-38-34-32-31-33-37-42-47-52(59)46-41-12-9-6-3/h37,42,52,58-59,63-64H,4-36,38-41,43-51H2,1-3H3/b42-37-. The van der Waals surface area contributed by atoms with Gasteiger partial charge < -0.3 is 20.4 Å². The second-order valence-corrected chi connectivity index (χ2v) is 19.9. The lowest BCUT2D eigenvalue weighted by Gasteiger charge is -2.39. The minimum atomic E-state index is -2.94. The molecule has 0 saturated carbocycles. The Hall–Kier alpha value is -1.41. The lowest BCUT2D eigenvalue weighted by atomic mass is 9.71. The Bertz CT molecular complexity index is 1040. The van der Waals surface area contributed by atoms with Crippen LogP contribution in [0.2, 0.25) is 0 Å². The van der Waals surface area contributed by atoms with Gasteiger partial charge in [-0.05, 0) is 44.9 Å². The third kappa shape index (κ3) is 32.3. The maximum Gasteiger partial charge on any atom is 0.219 e. The fraction of sp³-hybridized carbons (Fsp3) is 0.912. The third-order valence-electron chi connectivity index (χ3n) is 13.9. The summed E-state index contributed by atoms with van der Waals surface area (Å²) in [6, 6.07) is 0. The number of hydrogen-bond acceptors (Lipinski definition) is 7. The number of aliphatic hydroxyl groups excluding tert-OH is 2. The molecule has 7 heteroatoms. The van der Waals surface area contributed by atoms with Crippen molar-refractivity contribution < 1.29 is 34.8 Å². The molecule has 0 bridgehead atoms. The van der Waals surface area contributed by atoms with E-state index in [2.05, 4.69) is 32.9 Å². The van der Waals surface area contributed by atoms with Gasteiger partial charge in [-0.15, -0.1) is 0 Å². The minimum Gasteiger partial charge on any atom is -0.393 e. The second kappa shape index (κ2) is 45.4. The highest BCUT2D eigenvalue weighted by Crippen LogP contribution is 2.32. The molecule has 0 aliphatic rings. The van der Waals surface area contributed by atoms with Crippen LogP contribution in [0, 0.1) is 0 Å². The van der Waals surface area contributed by atoms with Crippen LogP contribution in [0.4, 0.5) is 0 Å². The van der Waals surface area contributed by atoms with Crippen molar-refractivity contribution in [1.29, 1.82) is 0 Å². The molecule has 378 valence electrons. The normalized spacial score (nSPS) is 13.5. The fourth-order valence-electron chi connectivity index (χ4n) is 9.28. The fourth-order valence-corrected chi connectivity index (χ4v) is 9.28. The van der Waals surface area contributed by atoms with Crippen molar-refractivity contribution in [1.82, 2.24) is 0 Å². The quantitative estimate of drug-likeness (QED) is 0.0271. The van der Waals surface area contributed by atoms with Crippen LogP contribution < -0.4 is 0 Å². The molecule has 2 unspecified atom stereocenters. The van der Waals surface area contributed by atoms with Gasteiger partial charge in [0.15, 0.2) is 23.0 Å². The largest absolute Gasteiger partial charge is 0.393 e. The first-order chi connectivity index (χ1) is 31.1. The Kier molecular flexibility index (Phi) is 44.4. The van der Waals surface area contributed by atoms with Gasteiger partial charge in [-0.1, -0.05) is 258 Å². The molecule has 0 fully saturated rings. The van der Waals surface area contributed by atoms with Crippen LogP contribution in [-0.2, 0) is 14.4 Å². The third-order valence-corrected chi connectivity index (χ3v) is 13.9. The number of Topliss-reactive ketones (excluding diaryl/α,β-unsaturated/α-hetero) is 3. The molecule has 0 rings (SSSR count). The van der Waals surface area contributed by atoms with Gasteiger partial charge in [0, 0.05) is 19.3 Å². The first-order valence-corrected chi connectivity index (χ1v) is 28.1. The van der Waals surface area contributed by atoms with E-state index in [1.807, 2.05) is 0 Å². The summed E-state index contributed by atoms with van der Waals surface area (Å²) in [7, 11) is 0. The van der Waals surface area contributed by atoms with Gasteiger partial charge >= 0.3 is 0 Å². The highest BCUT2D eigenvalue weighted by atomic mass is 16.4. The van der Waals surface area contributed by atoms with Crippen LogP contribution in [0.15, 0.2) is 12.2 Å². The van der Waals surface area contributed by atoms with Gasteiger partial charge in [0.2, 0.25) is 5.60 Å². The van der Waals surface area contributed by atoms with Crippen molar-refractivity contribution in [3.05, 3.63) is 12.2 Å². The Morgan fingerprint density at radius 2 is 0.672 bits per heavy atom. The van der Waals surface area contributed by atoms with Crippen LogP contribution in [0.3, 0.4) is 0 Å². The molecule has 0 aromatic heterocycles. The average molecular weight is 905 g/mol. The zero-order valence-electron chi connectivity index (χ0n) is 42.8. The van der Waals surface area contributed by atoms with Crippen LogP contribution in [0.5, 0.6) is 0 Å². The smallest absolute Gasteiger partial charge is 0.219 e. The van der Waals surface area contributed by atoms with Crippen molar-refractivity contribution in [3.63, 3.8) is 0 Å². The van der Waals surface area contributed by atoms with E-state index < -0.39 is 35.2 Å². The number of allylic oxidation sites excluding steroid dienone is 1. The molecule has 4 N–H and O–H groups in total. The van der Waals surface area contributed by atoms with Gasteiger partial charge in [-0.25, -0.2) is 0 Å². The van der Waals surface area contributed by atoms with Crippen LogP contribution >= 0.6 is 0 Å². The molecular weight excluding hydrogens is 797 g/mol. The highest BCUT2D eigenvalue weighted by molar-refractivity contribution is 6.16. The lowest BCUT2D eigenvalue weighted by Crippen LogP contribution is -2.69. The Labute approximate surface area is 396 Å². The van der Waals surface area contributed by atoms with Gasteiger partial charge in [0.25, 0.3) is 0 Å². The summed E-state index contributed by atoms with van der Waals surface area (Å²) in [5, 5.41) is 44.3. The summed E-state index contributed by atoms with van der Waals surface area (Å²) in [5.41, 5.74) is -5.79.